The van der Waals surface area contributed by atoms with Gasteiger partial charge in [-0.05, 0) is 24.6 Å². The number of aromatic amines is 1. The van der Waals surface area contributed by atoms with E-state index >= 15 is 0 Å². The molecule has 2 rings (SSSR count). The van der Waals surface area contributed by atoms with E-state index in [1.54, 1.807) is 6.20 Å². The summed E-state index contributed by atoms with van der Waals surface area (Å²) in [4.78, 5) is 0. The zero-order valence-electron chi connectivity index (χ0n) is 8.04. The van der Waals surface area contributed by atoms with E-state index in [0.29, 0.717) is 6.54 Å². The van der Waals surface area contributed by atoms with Crippen molar-refractivity contribution >= 4 is 16.6 Å². The molecular formula is C10H13N3O. The molecular weight excluding hydrogens is 178 g/mol. The maximum absolute atomic E-state index is 8.73. The van der Waals surface area contributed by atoms with Gasteiger partial charge in [0.15, 0.2) is 0 Å². The SMILES string of the molecule is Cc1cc(NCCO)c2[nH]ncc2c1. The molecule has 0 aliphatic rings. The minimum Gasteiger partial charge on any atom is -0.395 e. The maximum Gasteiger partial charge on any atom is 0.0881 e. The second-order valence-corrected chi connectivity index (χ2v) is 3.30. The molecule has 0 aliphatic carbocycles. The number of rotatable bonds is 3. The van der Waals surface area contributed by atoms with Crippen LogP contribution in [0.3, 0.4) is 0 Å². The zero-order chi connectivity index (χ0) is 9.97. The third kappa shape index (κ3) is 1.56. The van der Waals surface area contributed by atoms with Crippen LogP contribution in [0, 0.1) is 6.92 Å². The molecule has 0 aliphatic heterocycles. The number of nitrogens with one attached hydrogen (secondary N) is 2. The Morgan fingerprint density at radius 1 is 1.50 bits per heavy atom. The summed E-state index contributed by atoms with van der Waals surface area (Å²) in [6.45, 7) is 2.72. The van der Waals surface area contributed by atoms with E-state index < -0.39 is 0 Å². The molecule has 0 spiro atoms. The fraction of sp³-hybridized carbons (Fsp3) is 0.300. The van der Waals surface area contributed by atoms with Gasteiger partial charge in [0.1, 0.15) is 0 Å². The van der Waals surface area contributed by atoms with E-state index in [-0.39, 0.29) is 6.61 Å². The number of aliphatic hydroxyl groups excluding tert-OH is 1. The average Bonchev–Trinajstić information content (AvgIpc) is 2.61. The molecule has 0 saturated carbocycles. The molecule has 1 aromatic carbocycles. The summed E-state index contributed by atoms with van der Waals surface area (Å²) >= 11 is 0. The quantitative estimate of drug-likeness (QED) is 0.684. The van der Waals surface area contributed by atoms with Gasteiger partial charge < -0.3 is 10.4 Å². The lowest BCUT2D eigenvalue weighted by Gasteiger charge is -2.06. The first-order valence-corrected chi connectivity index (χ1v) is 4.59. The number of aryl methyl sites for hydroxylation is 1. The summed E-state index contributed by atoms with van der Waals surface area (Å²) in [5.41, 5.74) is 3.16. The smallest absolute Gasteiger partial charge is 0.0881 e. The van der Waals surface area contributed by atoms with Crippen LogP contribution in [0.4, 0.5) is 5.69 Å². The fourth-order valence-corrected chi connectivity index (χ4v) is 1.54. The molecule has 1 aromatic heterocycles. The number of aromatic nitrogens is 2. The molecule has 3 N–H and O–H groups in total. The topological polar surface area (TPSA) is 60.9 Å². The molecule has 0 fully saturated rings. The van der Waals surface area contributed by atoms with E-state index in [0.717, 1.165) is 16.6 Å². The Balaban J connectivity index is 2.44. The van der Waals surface area contributed by atoms with Crippen molar-refractivity contribution in [3.05, 3.63) is 23.9 Å². The van der Waals surface area contributed by atoms with Gasteiger partial charge in [0.25, 0.3) is 0 Å². The number of H-pyrrole nitrogens is 1. The molecule has 0 bridgehead atoms. The van der Waals surface area contributed by atoms with Gasteiger partial charge in [-0.2, -0.15) is 5.10 Å². The predicted octanol–water partition coefficient (Wildman–Crippen LogP) is 1.28. The molecule has 14 heavy (non-hydrogen) atoms. The summed E-state index contributed by atoms with van der Waals surface area (Å²) in [6, 6.07) is 4.11. The number of fused-ring (bicyclic) bond motifs is 1. The Labute approximate surface area is 81.9 Å². The van der Waals surface area contributed by atoms with Crippen LogP contribution in [-0.2, 0) is 0 Å². The first-order valence-electron chi connectivity index (χ1n) is 4.59. The molecule has 0 saturated heterocycles. The molecule has 74 valence electrons. The minimum absolute atomic E-state index is 0.129. The van der Waals surface area contributed by atoms with Gasteiger partial charge in [-0.1, -0.05) is 0 Å². The van der Waals surface area contributed by atoms with E-state index in [4.69, 9.17) is 5.11 Å². The monoisotopic (exact) mass is 191 g/mol. The van der Waals surface area contributed by atoms with Crippen LogP contribution in [0.2, 0.25) is 0 Å². The van der Waals surface area contributed by atoms with Crippen molar-refractivity contribution in [3.8, 4) is 0 Å². The summed E-state index contributed by atoms with van der Waals surface area (Å²) in [6.07, 6.45) is 1.80. The summed E-state index contributed by atoms with van der Waals surface area (Å²) in [7, 11) is 0. The first kappa shape index (κ1) is 9.02. The lowest BCUT2D eigenvalue weighted by atomic mass is 10.1. The number of benzene rings is 1. The van der Waals surface area contributed by atoms with Crippen molar-refractivity contribution in [2.45, 2.75) is 6.92 Å². The molecule has 1 heterocycles. The average molecular weight is 191 g/mol. The van der Waals surface area contributed by atoms with Crippen LogP contribution >= 0.6 is 0 Å². The summed E-state index contributed by atoms with van der Waals surface area (Å²) in [5.74, 6) is 0. The van der Waals surface area contributed by atoms with Crippen molar-refractivity contribution in [2.75, 3.05) is 18.5 Å². The molecule has 2 aromatic rings. The molecule has 0 amide bonds. The third-order valence-corrected chi connectivity index (χ3v) is 2.12. The van der Waals surface area contributed by atoms with Crippen molar-refractivity contribution in [1.82, 2.24) is 10.2 Å². The van der Waals surface area contributed by atoms with E-state index in [1.807, 2.05) is 13.0 Å². The third-order valence-electron chi connectivity index (χ3n) is 2.12. The number of hydrogen-bond donors (Lipinski definition) is 3. The van der Waals surface area contributed by atoms with Crippen LogP contribution in [0.5, 0.6) is 0 Å². The van der Waals surface area contributed by atoms with Crippen LogP contribution in [-0.4, -0.2) is 28.5 Å². The highest BCUT2D eigenvalue weighted by Crippen LogP contribution is 2.22. The minimum atomic E-state index is 0.129. The first-order chi connectivity index (χ1) is 6.81. The van der Waals surface area contributed by atoms with Crippen molar-refractivity contribution < 1.29 is 5.11 Å². The Hall–Kier alpha value is -1.55. The second kappa shape index (κ2) is 3.67. The van der Waals surface area contributed by atoms with Gasteiger partial charge in [-0.3, -0.25) is 5.10 Å². The number of aliphatic hydroxyl groups is 1. The Kier molecular flexibility index (Phi) is 2.37. The standard InChI is InChI=1S/C10H13N3O/c1-7-4-8-6-12-13-10(8)9(5-7)11-2-3-14/h4-6,11,14H,2-3H2,1H3,(H,12,13). The summed E-state index contributed by atoms with van der Waals surface area (Å²) < 4.78 is 0. The molecule has 4 heteroatoms. The number of anilines is 1. The van der Waals surface area contributed by atoms with Crippen LogP contribution in [0.15, 0.2) is 18.3 Å². The van der Waals surface area contributed by atoms with Crippen molar-refractivity contribution in [2.24, 2.45) is 0 Å². The highest BCUT2D eigenvalue weighted by molar-refractivity contribution is 5.90. The van der Waals surface area contributed by atoms with E-state index in [2.05, 4.69) is 21.6 Å². The fourth-order valence-electron chi connectivity index (χ4n) is 1.54. The maximum atomic E-state index is 8.73. The van der Waals surface area contributed by atoms with Gasteiger partial charge in [0, 0.05) is 11.9 Å². The van der Waals surface area contributed by atoms with Crippen molar-refractivity contribution in [3.63, 3.8) is 0 Å². The van der Waals surface area contributed by atoms with Gasteiger partial charge in [-0.25, -0.2) is 0 Å². The van der Waals surface area contributed by atoms with E-state index in [1.165, 1.54) is 5.56 Å². The molecule has 0 radical (unpaired) electrons. The normalized spacial score (nSPS) is 10.7. The van der Waals surface area contributed by atoms with Gasteiger partial charge >= 0.3 is 0 Å². The number of nitrogens with zero attached hydrogens (tertiary/aromatic N) is 1. The highest BCUT2D eigenvalue weighted by atomic mass is 16.3. The van der Waals surface area contributed by atoms with Gasteiger partial charge in [-0.15, -0.1) is 0 Å². The predicted molar refractivity (Wildman–Crippen MR) is 56.4 cm³/mol. The van der Waals surface area contributed by atoms with Gasteiger partial charge in [0.2, 0.25) is 0 Å². The molecule has 4 nitrogen and oxygen atoms in total. The largest absolute Gasteiger partial charge is 0.395 e. The second-order valence-electron chi connectivity index (χ2n) is 3.30. The molecule has 0 unspecified atom stereocenters. The van der Waals surface area contributed by atoms with Crippen LogP contribution in [0.1, 0.15) is 5.56 Å². The Morgan fingerprint density at radius 3 is 3.14 bits per heavy atom. The summed E-state index contributed by atoms with van der Waals surface area (Å²) in [5, 5.41) is 19.9. The zero-order valence-corrected chi connectivity index (χ0v) is 8.04. The highest BCUT2D eigenvalue weighted by Gasteiger charge is 2.02. The van der Waals surface area contributed by atoms with Crippen molar-refractivity contribution in [1.29, 1.82) is 0 Å². The molecule has 0 atom stereocenters. The van der Waals surface area contributed by atoms with Crippen LogP contribution in [0.25, 0.3) is 10.9 Å². The lowest BCUT2D eigenvalue weighted by Crippen LogP contribution is -2.05. The van der Waals surface area contributed by atoms with Gasteiger partial charge in [0.05, 0.1) is 24.0 Å². The van der Waals surface area contributed by atoms with Crippen LogP contribution < -0.4 is 5.32 Å². The number of hydrogen-bond acceptors (Lipinski definition) is 3. The lowest BCUT2D eigenvalue weighted by molar-refractivity contribution is 0.311. The Morgan fingerprint density at radius 2 is 2.36 bits per heavy atom. The van der Waals surface area contributed by atoms with E-state index in [9.17, 15) is 0 Å². The Bertz CT molecular complexity index is 436.